The molecule has 1 aliphatic heterocycles. The number of nitro groups is 1. The second-order valence-corrected chi connectivity index (χ2v) is 5.49. The first-order valence-corrected chi connectivity index (χ1v) is 6.76. The van der Waals surface area contributed by atoms with Crippen LogP contribution in [0.25, 0.3) is 0 Å². The number of halogens is 1. The molecule has 0 aliphatic carbocycles. The lowest BCUT2D eigenvalue weighted by atomic mass is 9.97. The zero-order valence-corrected chi connectivity index (χ0v) is 11.8. The fraction of sp³-hybridized carbons (Fsp3) is 0.417. The highest BCUT2D eigenvalue weighted by molar-refractivity contribution is 9.10. The fourth-order valence-electron chi connectivity index (χ4n) is 2.34. The van der Waals surface area contributed by atoms with Gasteiger partial charge in [-0.2, -0.15) is 0 Å². The molecule has 19 heavy (non-hydrogen) atoms. The zero-order valence-electron chi connectivity index (χ0n) is 10.2. The van der Waals surface area contributed by atoms with Gasteiger partial charge in [0.05, 0.1) is 10.8 Å². The number of hydrogen-bond donors (Lipinski definition) is 1. The topological polar surface area (TPSA) is 89.5 Å². The molecule has 0 aromatic heterocycles. The second kappa shape index (κ2) is 5.56. The van der Waals surface area contributed by atoms with Gasteiger partial charge in [0.1, 0.15) is 5.69 Å². The first kappa shape index (κ1) is 13.8. The van der Waals surface area contributed by atoms with E-state index in [1.165, 1.54) is 6.07 Å². The fourth-order valence-corrected chi connectivity index (χ4v) is 2.69. The Hall–Kier alpha value is -1.63. The number of benzene rings is 1. The van der Waals surface area contributed by atoms with Crippen LogP contribution in [0.4, 0.5) is 11.4 Å². The highest BCUT2D eigenvalue weighted by Gasteiger charge is 2.28. The average molecular weight is 328 g/mol. The Labute approximate surface area is 118 Å². The van der Waals surface area contributed by atoms with Crippen molar-refractivity contribution in [2.24, 2.45) is 11.7 Å². The minimum Gasteiger partial charge on any atom is -0.369 e. The predicted octanol–water partition coefficient (Wildman–Crippen LogP) is 2.06. The van der Waals surface area contributed by atoms with Gasteiger partial charge >= 0.3 is 0 Å². The van der Waals surface area contributed by atoms with Crippen LogP contribution >= 0.6 is 15.9 Å². The van der Waals surface area contributed by atoms with Crippen LogP contribution in [0, 0.1) is 16.0 Å². The molecule has 6 nitrogen and oxygen atoms in total. The van der Waals surface area contributed by atoms with E-state index in [0.717, 1.165) is 12.8 Å². The molecule has 2 N–H and O–H groups in total. The van der Waals surface area contributed by atoms with Crippen LogP contribution in [-0.4, -0.2) is 23.9 Å². The molecule has 0 spiro atoms. The lowest BCUT2D eigenvalue weighted by Crippen LogP contribution is -2.41. The van der Waals surface area contributed by atoms with Crippen LogP contribution in [0.2, 0.25) is 0 Å². The van der Waals surface area contributed by atoms with E-state index in [2.05, 4.69) is 15.9 Å². The second-order valence-electron chi connectivity index (χ2n) is 4.58. The van der Waals surface area contributed by atoms with Crippen molar-refractivity contribution in [3.05, 3.63) is 32.8 Å². The normalized spacial score (nSPS) is 19.2. The van der Waals surface area contributed by atoms with Crippen LogP contribution in [0.1, 0.15) is 12.8 Å². The predicted molar refractivity (Wildman–Crippen MR) is 74.9 cm³/mol. The summed E-state index contributed by atoms with van der Waals surface area (Å²) >= 11 is 3.23. The summed E-state index contributed by atoms with van der Waals surface area (Å²) in [7, 11) is 0. The number of amides is 1. The minimum atomic E-state index is -0.409. The SMILES string of the molecule is NC(=O)[C@@H]1CCCN(c2ccc(Br)cc2[N+](=O)[O-])C1. The van der Waals surface area contributed by atoms with Crippen LogP contribution in [0.5, 0.6) is 0 Å². The molecule has 1 aliphatic rings. The number of nitrogens with zero attached hydrogens (tertiary/aromatic N) is 2. The highest BCUT2D eigenvalue weighted by atomic mass is 79.9. The number of carbonyl (C=O) groups is 1. The lowest BCUT2D eigenvalue weighted by Gasteiger charge is -2.32. The van der Waals surface area contributed by atoms with Gasteiger partial charge in [-0.1, -0.05) is 15.9 Å². The van der Waals surface area contributed by atoms with Crippen LogP contribution in [-0.2, 0) is 4.79 Å². The standard InChI is InChI=1S/C12H14BrN3O3/c13-9-3-4-10(11(6-9)16(18)19)15-5-1-2-8(7-15)12(14)17/h3-4,6,8H,1-2,5,7H2,(H2,14,17)/t8-/m1/s1. The minimum absolute atomic E-state index is 0.0412. The Morgan fingerprint density at radius 2 is 2.26 bits per heavy atom. The number of anilines is 1. The third-order valence-electron chi connectivity index (χ3n) is 3.30. The number of piperidine rings is 1. The summed E-state index contributed by atoms with van der Waals surface area (Å²) in [4.78, 5) is 23.8. The Morgan fingerprint density at radius 1 is 1.53 bits per heavy atom. The van der Waals surface area contributed by atoms with E-state index in [0.29, 0.717) is 23.2 Å². The Morgan fingerprint density at radius 3 is 2.89 bits per heavy atom. The molecule has 2 rings (SSSR count). The van der Waals surface area contributed by atoms with Gasteiger partial charge in [-0.25, -0.2) is 0 Å². The van der Waals surface area contributed by atoms with Crippen molar-refractivity contribution < 1.29 is 9.72 Å². The summed E-state index contributed by atoms with van der Waals surface area (Å²) < 4.78 is 0.659. The molecule has 1 heterocycles. The van der Waals surface area contributed by atoms with Crippen molar-refractivity contribution in [1.82, 2.24) is 0 Å². The molecule has 1 fully saturated rings. The van der Waals surface area contributed by atoms with Gasteiger partial charge < -0.3 is 10.6 Å². The molecular weight excluding hydrogens is 314 g/mol. The first-order valence-electron chi connectivity index (χ1n) is 5.97. The third kappa shape index (κ3) is 3.04. The van der Waals surface area contributed by atoms with Gasteiger partial charge in [0.15, 0.2) is 0 Å². The maximum Gasteiger partial charge on any atom is 0.293 e. The summed E-state index contributed by atoms with van der Waals surface area (Å²) in [6, 6.07) is 4.94. The lowest BCUT2D eigenvalue weighted by molar-refractivity contribution is -0.384. The summed E-state index contributed by atoms with van der Waals surface area (Å²) in [6.45, 7) is 1.14. The molecule has 1 aromatic carbocycles. The van der Waals surface area contributed by atoms with E-state index >= 15 is 0 Å². The largest absolute Gasteiger partial charge is 0.369 e. The highest BCUT2D eigenvalue weighted by Crippen LogP contribution is 2.33. The Kier molecular flexibility index (Phi) is 4.04. The van der Waals surface area contributed by atoms with Crippen LogP contribution in [0.15, 0.2) is 22.7 Å². The molecule has 1 saturated heterocycles. The van der Waals surface area contributed by atoms with Gasteiger partial charge in [-0.05, 0) is 25.0 Å². The van der Waals surface area contributed by atoms with Gasteiger partial charge in [-0.15, -0.1) is 0 Å². The molecule has 102 valence electrons. The molecule has 0 unspecified atom stereocenters. The monoisotopic (exact) mass is 327 g/mol. The Bertz CT molecular complexity index is 521. The summed E-state index contributed by atoms with van der Waals surface area (Å²) in [5, 5.41) is 11.1. The molecule has 0 saturated carbocycles. The first-order chi connectivity index (χ1) is 8.99. The van der Waals surface area contributed by atoms with Crippen LogP contribution in [0.3, 0.4) is 0 Å². The van der Waals surface area contributed by atoms with Crippen molar-refractivity contribution in [3.8, 4) is 0 Å². The van der Waals surface area contributed by atoms with Gasteiger partial charge in [0, 0.05) is 23.6 Å². The van der Waals surface area contributed by atoms with Gasteiger partial charge in [0.25, 0.3) is 5.69 Å². The number of nitrogens with two attached hydrogens (primary N) is 1. The van der Waals surface area contributed by atoms with Crippen molar-refractivity contribution in [2.75, 3.05) is 18.0 Å². The number of primary amides is 1. The molecule has 1 aromatic rings. The van der Waals surface area contributed by atoms with E-state index < -0.39 is 4.92 Å². The van der Waals surface area contributed by atoms with E-state index in [1.54, 1.807) is 12.1 Å². The summed E-state index contributed by atoms with van der Waals surface area (Å²) in [5.74, 6) is -0.582. The summed E-state index contributed by atoms with van der Waals surface area (Å²) in [5.41, 5.74) is 5.90. The average Bonchev–Trinajstić information content (AvgIpc) is 2.38. The Balaban J connectivity index is 2.30. The maximum atomic E-state index is 11.3. The van der Waals surface area contributed by atoms with Crippen LogP contribution < -0.4 is 10.6 Å². The van der Waals surface area contributed by atoms with Crippen molar-refractivity contribution in [3.63, 3.8) is 0 Å². The molecule has 0 bridgehead atoms. The molecule has 7 heteroatoms. The quantitative estimate of drug-likeness (QED) is 0.679. The van der Waals surface area contributed by atoms with E-state index in [-0.39, 0.29) is 17.5 Å². The van der Waals surface area contributed by atoms with E-state index in [4.69, 9.17) is 5.73 Å². The van der Waals surface area contributed by atoms with E-state index in [1.807, 2.05) is 4.90 Å². The molecule has 0 radical (unpaired) electrons. The zero-order chi connectivity index (χ0) is 14.0. The smallest absolute Gasteiger partial charge is 0.293 e. The number of hydrogen-bond acceptors (Lipinski definition) is 4. The maximum absolute atomic E-state index is 11.3. The summed E-state index contributed by atoms with van der Waals surface area (Å²) in [6.07, 6.45) is 1.55. The van der Waals surface area contributed by atoms with Gasteiger partial charge in [0.2, 0.25) is 5.91 Å². The van der Waals surface area contributed by atoms with Gasteiger partial charge in [-0.3, -0.25) is 14.9 Å². The number of nitro benzene ring substituents is 1. The number of carbonyl (C=O) groups excluding carboxylic acids is 1. The molecule has 1 amide bonds. The molecular formula is C12H14BrN3O3. The number of rotatable bonds is 3. The van der Waals surface area contributed by atoms with E-state index in [9.17, 15) is 14.9 Å². The van der Waals surface area contributed by atoms with Crippen molar-refractivity contribution in [2.45, 2.75) is 12.8 Å². The van der Waals surface area contributed by atoms with Crippen molar-refractivity contribution >= 4 is 33.2 Å². The third-order valence-corrected chi connectivity index (χ3v) is 3.79. The van der Waals surface area contributed by atoms with Crippen molar-refractivity contribution in [1.29, 1.82) is 0 Å². The molecule has 1 atom stereocenters.